The molecule has 2 aromatic rings. The van der Waals surface area contributed by atoms with Crippen molar-refractivity contribution in [1.29, 1.82) is 0 Å². The van der Waals surface area contributed by atoms with Crippen LogP contribution in [0.1, 0.15) is 56.4 Å². The van der Waals surface area contributed by atoms with Gasteiger partial charge in [-0.15, -0.1) is 11.3 Å². The summed E-state index contributed by atoms with van der Waals surface area (Å²) in [7, 11) is 1.84. The number of aromatic nitrogens is 2. The molecule has 27 heavy (non-hydrogen) atoms. The van der Waals surface area contributed by atoms with E-state index < -0.39 is 0 Å². The second-order valence-corrected chi connectivity index (χ2v) is 8.63. The number of nitrogens with zero attached hydrogens (tertiary/aromatic N) is 3. The number of anilines is 1. The number of rotatable bonds is 6. The first-order valence-corrected chi connectivity index (χ1v) is 10.8. The molecule has 6 heteroatoms. The van der Waals surface area contributed by atoms with Crippen LogP contribution in [-0.4, -0.2) is 35.6 Å². The van der Waals surface area contributed by atoms with Crippen LogP contribution in [0.25, 0.3) is 10.4 Å². The van der Waals surface area contributed by atoms with Gasteiger partial charge >= 0.3 is 0 Å². The maximum absolute atomic E-state index is 12.9. The Morgan fingerprint density at radius 3 is 2.70 bits per heavy atom. The fraction of sp³-hybridized carbons (Fsp3) is 0.571. The van der Waals surface area contributed by atoms with Gasteiger partial charge in [0.15, 0.2) is 0 Å². The first-order valence-electron chi connectivity index (χ1n) is 9.97. The van der Waals surface area contributed by atoms with Gasteiger partial charge in [0.25, 0.3) is 0 Å². The minimum absolute atomic E-state index is 0.0713. The molecule has 0 unspecified atom stereocenters. The molecule has 0 aliphatic heterocycles. The zero-order valence-electron chi connectivity index (χ0n) is 16.1. The highest BCUT2D eigenvalue weighted by Crippen LogP contribution is 2.43. The number of hydrogen-bond acceptors (Lipinski definition) is 5. The summed E-state index contributed by atoms with van der Waals surface area (Å²) < 4.78 is 5.70. The molecule has 144 valence electrons. The van der Waals surface area contributed by atoms with Crippen molar-refractivity contribution in [1.82, 2.24) is 9.97 Å². The maximum atomic E-state index is 12.9. The molecule has 0 spiro atoms. The molecule has 2 aromatic heterocycles. The molecule has 2 saturated carbocycles. The number of amides is 1. The maximum Gasteiger partial charge on any atom is 0.230 e. The van der Waals surface area contributed by atoms with Crippen LogP contribution in [0.5, 0.6) is 0 Å². The number of carbonyl (C=O) groups excluding carboxylic acids is 1. The minimum atomic E-state index is 0.0713. The lowest BCUT2D eigenvalue weighted by molar-refractivity contribution is -0.124. The van der Waals surface area contributed by atoms with Crippen molar-refractivity contribution in [3.8, 4) is 10.4 Å². The van der Waals surface area contributed by atoms with Crippen molar-refractivity contribution in [3.05, 3.63) is 29.5 Å². The molecule has 1 amide bonds. The standard InChI is InChI=1S/C21H27N3O2S/c1-3-26-17-8-6-15(7-9-17)21(25)24(2)19-12-16(10-11-22-19)18-13-23-20(27-18)14-4-5-14/h10-15,17H,3-9H2,1-2H3. The van der Waals surface area contributed by atoms with Gasteiger partial charge in [-0.1, -0.05) is 0 Å². The normalized spacial score (nSPS) is 22.6. The molecule has 0 atom stereocenters. The van der Waals surface area contributed by atoms with Gasteiger partial charge in [-0.25, -0.2) is 9.97 Å². The quantitative estimate of drug-likeness (QED) is 0.727. The van der Waals surface area contributed by atoms with Gasteiger partial charge < -0.3 is 4.74 Å². The van der Waals surface area contributed by atoms with E-state index in [4.69, 9.17) is 4.74 Å². The average molecular weight is 386 g/mol. The summed E-state index contributed by atoms with van der Waals surface area (Å²) in [5.41, 5.74) is 1.09. The summed E-state index contributed by atoms with van der Waals surface area (Å²) in [5.74, 6) is 1.62. The van der Waals surface area contributed by atoms with E-state index in [1.54, 1.807) is 22.4 Å². The van der Waals surface area contributed by atoms with Gasteiger partial charge in [0.05, 0.1) is 16.0 Å². The van der Waals surface area contributed by atoms with E-state index in [1.165, 1.54) is 17.8 Å². The first-order chi connectivity index (χ1) is 13.2. The molecule has 4 rings (SSSR count). The molecule has 0 N–H and O–H groups in total. The highest BCUT2D eigenvalue weighted by Gasteiger charge is 2.30. The SMILES string of the molecule is CCOC1CCC(C(=O)N(C)c2cc(-c3cnc(C4CC4)s3)ccn2)CC1. The summed E-state index contributed by atoms with van der Waals surface area (Å²) in [6.07, 6.45) is 10.3. The number of hydrogen-bond donors (Lipinski definition) is 0. The number of carbonyl (C=O) groups is 1. The van der Waals surface area contributed by atoms with Crippen molar-refractivity contribution in [3.63, 3.8) is 0 Å². The fourth-order valence-electron chi connectivity index (χ4n) is 3.79. The summed E-state index contributed by atoms with van der Waals surface area (Å²) >= 11 is 1.76. The van der Waals surface area contributed by atoms with Crippen LogP contribution >= 0.6 is 11.3 Å². The summed E-state index contributed by atoms with van der Waals surface area (Å²) in [4.78, 5) is 24.8. The number of thiazole rings is 1. The third-order valence-corrected chi connectivity index (χ3v) is 6.79. The molecule has 0 bridgehead atoms. The molecule has 0 saturated heterocycles. The highest BCUT2D eigenvalue weighted by atomic mass is 32.1. The Morgan fingerprint density at radius 2 is 2.00 bits per heavy atom. The topological polar surface area (TPSA) is 55.3 Å². The summed E-state index contributed by atoms with van der Waals surface area (Å²) in [6.45, 7) is 2.78. The van der Waals surface area contributed by atoms with Gasteiger partial charge in [0.1, 0.15) is 5.82 Å². The van der Waals surface area contributed by atoms with Crippen LogP contribution in [0.3, 0.4) is 0 Å². The predicted octanol–water partition coefficient (Wildman–Crippen LogP) is 4.64. The lowest BCUT2D eigenvalue weighted by Gasteiger charge is -2.30. The smallest absolute Gasteiger partial charge is 0.230 e. The van der Waals surface area contributed by atoms with E-state index in [0.717, 1.165) is 42.7 Å². The van der Waals surface area contributed by atoms with Crippen molar-refractivity contribution < 1.29 is 9.53 Å². The Kier molecular flexibility index (Phi) is 5.55. The summed E-state index contributed by atoms with van der Waals surface area (Å²) in [5, 5.41) is 1.24. The zero-order valence-corrected chi connectivity index (χ0v) is 16.9. The van der Waals surface area contributed by atoms with Gasteiger partial charge in [0, 0.05) is 37.9 Å². The Hall–Kier alpha value is -1.79. The molecule has 0 radical (unpaired) electrons. The second-order valence-electron chi connectivity index (χ2n) is 7.57. The average Bonchev–Trinajstić information content (AvgIpc) is 3.44. The Bertz CT molecular complexity index is 794. The molecular formula is C21H27N3O2S. The van der Waals surface area contributed by atoms with Crippen LogP contribution in [0.2, 0.25) is 0 Å². The van der Waals surface area contributed by atoms with Gasteiger partial charge in [-0.05, 0) is 63.1 Å². The van der Waals surface area contributed by atoms with Crippen LogP contribution in [0.4, 0.5) is 5.82 Å². The van der Waals surface area contributed by atoms with E-state index >= 15 is 0 Å². The first kappa shape index (κ1) is 18.6. The summed E-state index contributed by atoms with van der Waals surface area (Å²) in [6, 6.07) is 4.01. The van der Waals surface area contributed by atoms with E-state index in [0.29, 0.717) is 17.8 Å². The monoisotopic (exact) mass is 385 g/mol. The van der Waals surface area contributed by atoms with Crippen molar-refractivity contribution in [2.45, 2.75) is 57.5 Å². The zero-order chi connectivity index (χ0) is 18.8. The van der Waals surface area contributed by atoms with Gasteiger partial charge in [0.2, 0.25) is 5.91 Å². The molecule has 5 nitrogen and oxygen atoms in total. The second kappa shape index (κ2) is 8.07. The van der Waals surface area contributed by atoms with E-state index in [-0.39, 0.29) is 11.8 Å². The number of ether oxygens (including phenoxy) is 1. The molecule has 2 heterocycles. The van der Waals surface area contributed by atoms with Crippen LogP contribution in [0, 0.1) is 5.92 Å². The Balaban J connectivity index is 1.43. The van der Waals surface area contributed by atoms with Crippen LogP contribution in [-0.2, 0) is 9.53 Å². The van der Waals surface area contributed by atoms with Gasteiger partial charge in [-0.3, -0.25) is 9.69 Å². The van der Waals surface area contributed by atoms with Crippen molar-refractivity contribution in [2.75, 3.05) is 18.6 Å². The largest absolute Gasteiger partial charge is 0.379 e. The number of pyridine rings is 1. The highest BCUT2D eigenvalue weighted by molar-refractivity contribution is 7.15. The van der Waals surface area contributed by atoms with Crippen LogP contribution in [0.15, 0.2) is 24.5 Å². The Morgan fingerprint density at radius 1 is 1.22 bits per heavy atom. The molecule has 0 aromatic carbocycles. The molecule has 2 aliphatic rings. The van der Waals surface area contributed by atoms with Crippen molar-refractivity contribution in [2.24, 2.45) is 5.92 Å². The van der Waals surface area contributed by atoms with E-state index in [1.807, 2.05) is 32.3 Å². The lowest BCUT2D eigenvalue weighted by atomic mass is 9.86. The molecule has 2 aliphatic carbocycles. The van der Waals surface area contributed by atoms with E-state index in [2.05, 4.69) is 9.97 Å². The third kappa shape index (κ3) is 4.22. The minimum Gasteiger partial charge on any atom is -0.379 e. The fourth-order valence-corrected chi connectivity index (χ4v) is 4.88. The predicted molar refractivity (Wildman–Crippen MR) is 108 cm³/mol. The Labute approximate surface area is 164 Å². The third-order valence-electron chi connectivity index (χ3n) is 5.58. The van der Waals surface area contributed by atoms with Crippen molar-refractivity contribution >= 4 is 23.1 Å². The van der Waals surface area contributed by atoms with E-state index in [9.17, 15) is 4.79 Å². The molecule has 2 fully saturated rings. The molecular weight excluding hydrogens is 358 g/mol. The van der Waals surface area contributed by atoms with Crippen LogP contribution < -0.4 is 4.90 Å². The lowest BCUT2D eigenvalue weighted by Crippen LogP contribution is -2.36. The van der Waals surface area contributed by atoms with Gasteiger partial charge in [-0.2, -0.15) is 0 Å².